The van der Waals surface area contributed by atoms with Crippen LogP contribution in [0.2, 0.25) is 0 Å². The van der Waals surface area contributed by atoms with E-state index in [0.29, 0.717) is 25.7 Å². The van der Waals surface area contributed by atoms with Gasteiger partial charge < -0.3 is 19.6 Å². The zero-order valence-corrected chi connectivity index (χ0v) is 28.1. The van der Waals surface area contributed by atoms with Crippen LogP contribution in [0.15, 0.2) is 89.2 Å². The summed E-state index contributed by atoms with van der Waals surface area (Å²) in [6.07, 6.45) is 8.42. The highest BCUT2D eigenvalue weighted by molar-refractivity contribution is 5.93. The number of non-ortho nitro benzene ring substituents is 1. The molecule has 11 heteroatoms. The molecule has 3 fully saturated rings. The molecular weight excluding hydrogens is 636 g/mol. The average Bonchev–Trinajstić information content (AvgIpc) is 3.85. The smallest absolute Gasteiger partial charge is 0.375 e. The fraction of sp³-hybridized carbons (Fsp3) is 0.410. The van der Waals surface area contributed by atoms with E-state index in [-0.39, 0.29) is 47.1 Å². The van der Waals surface area contributed by atoms with Crippen molar-refractivity contribution in [2.24, 2.45) is 28.6 Å². The van der Waals surface area contributed by atoms with Gasteiger partial charge in [-0.2, -0.15) is 5.10 Å². The third-order valence-corrected chi connectivity index (χ3v) is 12.5. The van der Waals surface area contributed by atoms with Crippen LogP contribution in [-0.4, -0.2) is 43.4 Å². The number of nitrogens with one attached hydrogen (secondary N) is 1. The Labute approximate surface area is 289 Å². The largest absolute Gasteiger partial charge is 0.457 e. The van der Waals surface area contributed by atoms with Crippen molar-refractivity contribution >= 4 is 23.6 Å². The van der Waals surface area contributed by atoms with E-state index in [1.165, 1.54) is 30.0 Å². The Morgan fingerprint density at radius 3 is 2.60 bits per heavy atom. The monoisotopic (exact) mass is 676 g/mol. The quantitative estimate of drug-likeness (QED) is 0.129. The lowest BCUT2D eigenvalue weighted by molar-refractivity contribution is -0.384. The third-order valence-electron chi connectivity index (χ3n) is 12.5. The van der Waals surface area contributed by atoms with E-state index in [2.05, 4.69) is 23.4 Å². The van der Waals surface area contributed by atoms with Crippen molar-refractivity contribution in [3.63, 3.8) is 0 Å². The van der Waals surface area contributed by atoms with Crippen LogP contribution in [0.5, 0.6) is 0 Å². The fourth-order valence-electron chi connectivity index (χ4n) is 10.2. The number of hydrogen-bond acceptors (Lipinski definition) is 8. The number of aliphatic hydroxyl groups excluding tert-OH is 1. The molecule has 0 radical (unpaired) electrons. The van der Waals surface area contributed by atoms with Crippen molar-refractivity contribution in [2.45, 2.75) is 70.6 Å². The van der Waals surface area contributed by atoms with Gasteiger partial charge in [0.05, 0.1) is 34.9 Å². The van der Waals surface area contributed by atoms with Crippen LogP contribution in [0.4, 0.5) is 5.69 Å². The molecule has 1 amide bonds. The van der Waals surface area contributed by atoms with E-state index in [0.717, 1.165) is 35.3 Å². The number of hydrogen-bond donors (Lipinski definition) is 2. The fourth-order valence-corrected chi connectivity index (χ4v) is 10.2. The molecule has 2 heterocycles. The summed E-state index contributed by atoms with van der Waals surface area (Å²) in [5, 5.41) is 31.2. The zero-order chi connectivity index (χ0) is 34.8. The van der Waals surface area contributed by atoms with Crippen LogP contribution in [0, 0.1) is 38.7 Å². The molecule has 2 N–H and O–H groups in total. The normalized spacial score (nSPS) is 31.0. The zero-order valence-electron chi connectivity index (χ0n) is 28.1. The highest BCUT2D eigenvalue weighted by atomic mass is 16.6. The van der Waals surface area contributed by atoms with E-state index in [4.69, 9.17) is 9.15 Å². The Bertz CT molecular complexity index is 1990. The predicted octanol–water partition coefficient (Wildman–Crippen LogP) is 6.44. The number of ether oxygens (including phenoxy) is 1. The average molecular weight is 677 g/mol. The second-order valence-corrected chi connectivity index (χ2v) is 14.9. The first kappa shape index (κ1) is 32.2. The summed E-state index contributed by atoms with van der Waals surface area (Å²) >= 11 is 0. The molecule has 2 aromatic heterocycles. The molecule has 8 rings (SSSR count). The van der Waals surface area contributed by atoms with Crippen LogP contribution in [0.1, 0.15) is 73.3 Å². The molecule has 50 heavy (non-hydrogen) atoms. The number of nitro groups is 1. The van der Waals surface area contributed by atoms with Gasteiger partial charge in [-0.05, 0) is 103 Å². The molecule has 0 saturated heterocycles. The number of nitrogens with zero attached hydrogens (tertiary/aromatic N) is 3. The minimum absolute atomic E-state index is 0.0256. The topological polar surface area (TPSA) is 150 Å². The molecule has 0 spiro atoms. The Kier molecular flexibility index (Phi) is 7.59. The second-order valence-electron chi connectivity index (χ2n) is 14.9. The first-order valence-corrected chi connectivity index (χ1v) is 17.3. The summed E-state index contributed by atoms with van der Waals surface area (Å²) in [7, 11) is 0. The highest BCUT2D eigenvalue weighted by Crippen LogP contribution is 2.68. The molecule has 258 valence electrons. The summed E-state index contributed by atoms with van der Waals surface area (Å²) in [6.45, 7) is 4.57. The Morgan fingerprint density at radius 2 is 1.88 bits per heavy atom. The molecule has 11 nitrogen and oxygen atoms in total. The maximum atomic E-state index is 14.4. The SMILES string of the molecule is C[C@]12Cc3cnn(-c4ccc([N+](=O)[O-])cc4)c3C=C1CCC1C2[C@@H](O)C[C@@]2(C)C1CC[C@]2(OC(=O)c1ccco1)C(=O)NCc1ccccc1. The molecule has 0 bridgehead atoms. The van der Waals surface area contributed by atoms with Crippen LogP contribution in [0.25, 0.3) is 11.8 Å². The van der Waals surface area contributed by atoms with Gasteiger partial charge in [-0.15, -0.1) is 0 Å². The van der Waals surface area contributed by atoms with Crippen molar-refractivity contribution in [3.05, 3.63) is 117 Å². The van der Waals surface area contributed by atoms with Gasteiger partial charge in [-0.1, -0.05) is 49.8 Å². The summed E-state index contributed by atoms with van der Waals surface area (Å²) in [5.74, 6) is -0.933. The van der Waals surface area contributed by atoms with Gasteiger partial charge in [-0.25, -0.2) is 9.48 Å². The molecule has 2 aromatic carbocycles. The number of carbonyl (C=O) groups excluding carboxylic acids is 2. The molecule has 4 aliphatic carbocycles. The van der Waals surface area contributed by atoms with Gasteiger partial charge in [0.2, 0.25) is 5.76 Å². The Morgan fingerprint density at radius 1 is 1.10 bits per heavy atom. The van der Waals surface area contributed by atoms with Crippen LogP contribution < -0.4 is 5.32 Å². The number of carbonyl (C=O) groups is 2. The third kappa shape index (κ3) is 4.85. The highest BCUT2D eigenvalue weighted by Gasteiger charge is 2.71. The van der Waals surface area contributed by atoms with Gasteiger partial charge in [0.25, 0.3) is 11.6 Å². The van der Waals surface area contributed by atoms with Crippen molar-refractivity contribution in [1.29, 1.82) is 0 Å². The number of allylic oxidation sites excluding steroid dienone is 1. The van der Waals surface area contributed by atoms with E-state index in [9.17, 15) is 24.8 Å². The van der Waals surface area contributed by atoms with E-state index in [1.54, 1.807) is 18.2 Å². The molecule has 4 aromatic rings. The van der Waals surface area contributed by atoms with Crippen LogP contribution in [-0.2, 0) is 22.5 Å². The summed E-state index contributed by atoms with van der Waals surface area (Å²) in [6, 6.07) is 19.2. The summed E-state index contributed by atoms with van der Waals surface area (Å²) < 4.78 is 13.5. The molecule has 7 atom stereocenters. The first-order valence-electron chi connectivity index (χ1n) is 17.3. The number of amides is 1. The summed E-state index contributed by atoms with van der Waals surface area (Å²) in [4.78, 5) is 38.7. The number of fused-ring (bicyclic) bond motifs is 6. The number of furan rings is 1. The van der Waals surface area contributed by atoms with Crippen LogP contribution >= 0.6 is 0 Å². The number of rotatable bonds is 7. The van der Waals surface area contributed by atoms with E-state index in [1.807, 2.05) is 48.1 Å². The molecule has 3 unspecified atom stereocenters. The Balaban J connectivity index is 1.11. The number of benzene rings is 2. The lowest BCUT2D eigenvalue weighted by Crippen LogP contribution is -2.64. The molecular formula is C39H40N4O7. The predicted molar refractivity (Wildman–Crippen MR) is 183 cm³/mol. The summed E-state index contributed by atoms with van der Waals surface area (Å²) in [5.41, 5.74) is 2.32. The lowest BCUT2D eigenvalue weighted by Gasteiger charge is -2.60. The second kappa shape index (κ2) is 11.8. The van der Waals surface area contributed by atoms with E-state index < -0.39 is 28.0 Å². The van der Waals surface area contributed by atoms with Crippen LogP contribution in [0.3, 0.4) is 0 Å². The molecule has 0 aliphatic heterocycles. The van der Waals surface area contributed by atoms with Crippen molar-refractivity contribution in [3.8, 4) is 5.69 Å². The van der Waals surface area contributed by atoms with Crippen molar-refractivity contribution < 1.29 is 28.8 Å². The standard InChI is InChI=1S/C39H40N4O7/c1-37-20-25-23-41-42(27-11-13-28(14-12-27)43(47)48)31(25)19-26(37)10-15-29-30-16-17-39(38(30,2)21-32(44)34(29)37,50-35(45)33-9-6-18-49-33)36(46)40-22-24-7-4-3-5-8-24/h3-9,11-14,18-19,23,29-30,32,34,44H,10,15-17,20-22H2,1-2H3,(H,40,46)/t29?,30?,32-,34?,37-,38-,39-/m0/s1. The first-order chi connectivity index (χ1) is 24.0. The minimum Gasteiger partial charge on any atom is -0.457 e. The van der Waals surface area contributed by atoms with Gasteiger partial charge in [0.1, 0.15) is 0 Å². The van der Waals surface area contributed by atoms with Gasteiger partial charge in [0.15, 0.2) is 5.60 Å². The van der Waals surface area contributed by atoms with Crippen molar-refractivity contribution in [1.82, 2.24) is 15.1 Å². The maximum absolute atomic E-state index is 14.4. The van der Waals surface area contributed by atoms with E-state index >= 15 is 0 Å². The molecule has 3 saturated carbocycles. The number of aromatic nitrogens is 2. The molecule has 4 aliphatic rings. The van der Waals surface area contributed by atoms with Gasteiger partial charge >= 0.3 is 5.97 Å². The number of nitro benzene ring substituents is 1. The van der Waals surface area contributed by atoms with Gasteiger partial charge in [0, 0.05) is 24.1 Å². The van der Waals surface area contributed by atoms with Gasteiger partial charge in [-0.3, -0.25) is 14.9 Å². The number of aliphatic hydroxyl groups is 1. The lowest BCUT2D eigenvalue weighted by atomic mass is 9.45. The minimum atomic E-state index is -1.50. The van der Waals surface area contributed by atoms with Crippen molar-refractivity contribution in [2.75, 3.05) is 0 Å². The number of esters is 1. The Hall–Kier alpha value is -5.03. The maximum Gasteiger partial charge on any atom is 0.375 e.